The van der Waals surface area contributed by atoms with Crippen LogP contribution in [0.2, 0.25) is 0 Å². The minimum absolute atomic E-state index is 0.114. The number of benzene rings is 1. The van der Waals surface area contributed by atoms with E-state index in [0.717, 1.165) is 0 Å². The summed E-state index contributed by atoms with van der Waals surface area (Å²) in [6.45, 7) is 3.60. The minimum Gasteiger partial charge on any atom is -0.462 e. The van der Waals surface area contributed by atoms with Gasteiger partial charge in [-0.3, -0.25) is 0 Å². The second-order valence-corrected chi connectivity index (χ2v) is 5.09. The summed E-state index contributed by atoms with van der Waals surface area (Å²) in [5.74, 6) is -1.43. The fraction of sp³-hybridized carbons (Fsp3) is 0.263. The Morgan fingerprint density at radius 2 is 1.32 bits per heavy atom. The summed E-state index contributed by atoms with van der Waals surface area (Å²) in [7, 11) is 0. The number of hydrogen-bond donors (Lipinski definition) is 0. The number of allylic oxidation sites excluding steroid dienone is 2. The highest BCUT2D eigenvalue weighted by molar-refractivity contribution is 6.11. The zero-order valence-electron chi connectivity index (χ0n) is 14.0. The molecule has 1 aromatic carbocycles. The van der Waals surface area contributed by atoms with Crippen molar-refractivity contribution in [2.24, 2.45) is 0 Å². The highest BCUT2D eigenvalue weighted by Gasteiger charge is 2.31. The Bertz CT molecular complexity index is 795. The first-order valence-corrected chi connectivity index (χ1v) is 7.79. The van der Waals surface area contributed by atoms with Crippen LogP contribution in [0.4, 0.5) is 0 Å². The smallest absolute Gasteiger partial charge is 0.349 e. The largest absolute Gasteiger partial charge is 0.462 e. The van der Waals surface area contributed by atoms with Crippen LogP contribution >= 0.6 is 0 Å². The van der Waals surface area contributed by atoms with Crippen molar-refractivity contribution in [3.63, 3.8) is 0 Å². The Labute approximate surface area is 145 Å². The number of nitrogens with zero attached hydrogens (tertiary/aromatic N) is 2. The lowest BCUT2D eigenvalue weighted by Gasteiger charge is -2.04. The SMILES string of the molecule is CCOC(=O)/C(C#N)=C1/C/C(=C(/C#N)C(=O)OCC)c2ccccc21. The average molecular weight is 336 g/mol. The summed E-state index contributed by atoms with van der Waals surface area (Å²) >= 11 is 0. The van der Waals surface area contributed by atoms with Crippen LogP contribution in [0.1, 0.15) is 31.4 Å². The van der Waals surface area contributed by atoms with Crippen LogP contribution in [0.5, 0.6) is 0 Å². The molecule has 0 aromatic heterocycles. The Kier molecular flexibility index (Phi) is 5.71. The van der Waals surface area contributed by atoms with Crippen LogP contribution < -0.4 is 0 Å². The third-order valence-corrected chi connectivity index (χ3v) is 3.72. The van der Waals surface area contributed by atoms with Gasteiger partial charge in [-0.1, -0.05) is 24.3 Å². The fourth-order valence-corrected chi connectivity index (χ4v) is 2.70. The summed E-state index contributed by atoms with van der Waals surface area (Å²) in [6, 6.07) is 10.8. The van der Waals surface area contributed by atoms with Gasteiger partial charge < -0.3 is 9.47 Å². The summed E-state index contributed by atoms with van der Waals surface area (Å²) in [6.07, 6.45) is 0.114. The maximum atomic E-state index is 12.1. The van der Waals surface area contributed by atoms with E-state index in [0.29, 0.717) is 22.3 Å². The fourth-order valence-electron chi connectivity index (χ4n) is 2.70. The molecule has 0 heterocycles. The molecular formula is C19H16N2O4. The van der Waals surface area contributed by atoms with E-state index in [4.69, 9.17) is 9.47 Å². The molecule has 1 aromatic rings. The van der Waals surface area contributed by atoms with Crippen LogP contribution in [-0.2, 0) is 19.1 Å². The van der Waals surface area contributed by atoms with E-state index in [9.17, 15) is 20.1 Å². The van der Waals surface area contributed by atoms with Crippen molar-refractivity contribution in [2.45, 2.75) is 20.3 Å². The van der Waals surface area contributed by atoms with Gasteiger partial charge in [-0.15, -0.1) is 0 Å². The summed E-state index contributed by atoms with van der Waals surface area (Å²) in [5.41, 5.74) is 1.93. The summed E-state index contributed by atoms with van der Waals surface area (Å²) < 4.78 is 9.88. The molecule has 0 N–H and O–H groups in total. The molecule has 2 rings (SSSR count). The van der Waals surface area contributed by atoms with Gasteiger partial charge in [0.05, 0.1) is 13.2 Å². The van der Waals surface area contributed by atoms with Gasteiger partial charge >= 0.3 is 11.9 Å². The van der Waals surface area contributed by atoms with Crippen molar-refractivity contribution in [2.75, 3.05) is 13.2 Å². The van der Waals surface area contributed by atoms with Gasteiger partial charge in [-0.2, -0.15) is 10.5 Å². The number of carbonyl (C=O) groups excluding carboxylic acids is 2. The lowest BCUT2D eigenvalue weighted by atomic mass is 10.0. The van der Waals surface area contributed by atoms with Crippen molar-refractivity contribution in [1.29, 1.82) is 10.5 Å². The van der Waals surface area contributed by atoms with E-state index in [1.54, 1.807) is 38.1 Å². The highest BCUT2D eigenvalue weighted by Crippen LogP contribution is 2.43. The number of esters is 2. The molecule has 0 radical (unpaired) electrons. The van der Waals surface area contributed by atoms with E-state index in [-0.39, 0.29) is 30.8 Å². The van der Waals surface area contributed by atoms with Crippen LogP contribution in [0, 0.1) is 22.7 Å². The van der Waals surface area contributed by atoms with Gasteiger partial charge in [0.1, 0.15) is 23.3 Å². The number of hydrogen-bond acceptors (Lipinski definition) is 6. The normalized spacial score (nSPS) is 16.2. The van der Waals surface area contributed by atoms with E-state index >= 15 is 0 Å². The molecule has 0 saturated heterocycles. The number of fused-ring (bicyclic) bond motifs is 1. The number of nitriles is 2. The lowest BCUT2D eigenvalue weighted by Crippen LogP contribution is -2.09. The first kappa shape index (κ1) is 18.0. The van der Waals surface area contributed by atoms with Gasteiger partial charge in [-0.25, -0.2) is 9.59 Å². The van der Waals surface area contributed by atoms with Crippen LogP contribution in [0.15, 0.2) is 35.4 Å². The predicted molar refractivity (Wildman–Crippen MR) is 89.4 cm³/mol. The predicted octanol–water partition coefficient (Wildman–Crippen LogP) is 2.77. The van der Waals surface area contributed by atoms with Gasteiger partial charge in [0.15, 0.2) is 0 Å². The molecule has 0 amide bonds. The summed E-state index contributed by atoms with van der Waals surface area (Å²) in [4.78, 5) is 24.2. The molecule has 25 heavy (non-hydrogen) atoms. The Balaban J connectivity index is 2.68. The molecule has 0 bridgehead atoms. The van der Waals surface area contributed by atoms with E-state index in [2.05, 4.69) is 0 Å². The van der Waals surface area contributed by atoms with Gasteiger partial charge in [0.25, 0.3) is 0 Å². The van der Waals surface area contributed by atoms with Crippen molar-refractivity contribution >= 4 is 23.1 Å². The molecule has 6 heteroatoms. The van der Waals surface area contributed by atoms with E-state index in [1.165, 1.54) is 0 Å². The Morgan fingerprint density at radius 3 is 1.64 bits per heavy atom. The first-order valence-electron chi connectivity index (χ1n) is 7.79. The highest BCUT2D eigenvalue weighted by atomic mass is 16.5. The quantitative estimate of drug-likeness (QED) is 0.476. The third kappa shape index (κ3) is 3.44. The molecule has 0 fully saturated rings. The maximum absolute atomic E-state index is 12.1. The van der Waals surface area contributed by atoms with E-state index < -0.39 is 11.9 Å². The molecule has 0 unspecified atom stereocenters. The molecule has 6 nitrogen and oxygen atoms in total. The van der Waals surface area contributed by atoms with Crippen molar-refractivity contribution in [3.05, 3.63) is 46.5 Å². The topological polar surface area (TPSA) is 100 Å². The van der Waals surface area contributed by atoms with Crippen LogP contribution in [0.25, 0.3) is 11.1 Å². The first-order chi connectivity index (χ1) is 12.1. The molecule has 0 spiro atoms. The zero-order chi connectivity index (χ0) is 18.4. The van der Waals surface area contributed by atoms with Crippen molar-refractivity contribution in [3.8, 4) is 12.1 Å². The zero-order valence-corrected chi connectivity index (χ0v) is 14.0. The van der Waals surface area contributed by atoms with Gasteiger partial charge in [0.2, 0.25) is 0 Å². The van der Waals surface area contributed by atoms with Crippen LogP contribution in [0.3, 0.4) is 0 Å². The second-order valence-electron chi connectivity index (χ2n) is 5.09. The molecule has 0 saturated carbocycles. The van der Waals surface area contributed by atoms with E-state index in [1.807, 2.05) is 12.1 Å². The molecule has 1 aliphatic rings. The molecule has 1 aliphatic carbocycles. The molecule has 0 atom stereocenters. The van der Waals surface area contributed by atoms with Gasteiger partial charge in [0, 0.05) is 6.42 Å². The summed E-state index contributed by atoms with van der Waals surface area (Å²) in [5, 5.41) is 18.8. The average Bonchev–Trinajstić information content (AvgIpc) is 2.97. The third-order valence-electron chi connectivity index (χ3n) is 3.72. The number of carbonyl (C=O) groups is 2. The number of ether oxygens (including phenoxy) is 2. The monoisotopic (exact) mass is 336 g/mol. The van der Waals surface area contributed by atoms with Crippen LogP contribution in [-0.4, -0.2) is 25.2 Å². The number of rotatable bonds is 4. The molecule has 0 aliphatic heterocycles. The maximum Gasteiger partial charge on any atom is 0.349 e. The molecular weight excluding hydrogens is 320 g/mol. The Hall–Kier alpha value is -3.38. The van der Waals surface area contributed by atoms with Gasteiger partial charge in [-0.05, 0) is 36.1 Å². The molecule has 126 valence electrons. The van der Waals surface area contributed by atoms with Crippen molar-refractivity contribution in [1.82, 2.24) is 0 Å². The standard InChI is InChI=1S/C19H16N2O4/c1-3-24-18(22)16(10-20)14-9-15(13-8-6-5-7-12(13)14)17(11-21)19(23)25-4-2/h5-8H,3-4,9H2,1-2H3/b16-14-,17-15+. The van der Waals surface area contributed by atoms with Crippen molar-refractivity contribution < 1.29 is 19.1 Å². The minimum atomic E-state index is -0.717. The Morgan fingerprint density at radius 1 is 0.920 bits per heavy atom. The lowest BCUT2D eigenvalue weighted by molar-refractivity contribution is -0.138. The second kappa shape index (κ2) is 7.94.